The summed E-state index contributed by atoms with van der Waals surface area (Å²) in [5.74, 6) is 2.99. The maximum Gasteiger partial charge on any atom is 0.222 e. The molecule has 3 fully saturated rings. The summed E-state index contributed by atoms with van der Waals surface area (Å²) < 4.78 is 2.44. The van der Waals surface area contributed by atoms with Crippen molar-refractivity contribution in [3.8, 4) is 0 Å². The van der Waals surface area contributed by atoms with Gasteiger partial charge in [0.2, 0.25) is 5.91 Å². The number of amides is 1. The van der Waals surface area contributed by atoms with Crippen LogP contribution in [0.4, 0.5) is 0 Å². The van der Waals surface area contributed by atoms with Crippen molar-refractivity contribution in [3.63, 3.8) is 0 Å². The van der Waals surface area contributed by atoms with Crippen LogP contribution in [-0.4, -0.2) is 33.4 Å². The summed E-state index contributed by atoms with van der Waals surface area (Å²) >= 11 is 0. The zero-order chi connectivity index (χ0) is 15.8. The van der Waals surface area contributed by atoms with Crippen LogP contribution in [0.25, 0.3) is 0 Å². The molecule has 0 spiro atoms. The van der Waals surface area contributed by atoms with Gasteiger partial charge in [-0.2, -0.15) is 0 Å². The third-order valence-electron chi connectivity index (χ3n) is 6.02. The van der Waals surface area contributed by atoms with E-state index in [4.69, 9.17) is 0 Å². The van der Waals surface area contributed by atoms with Crippen molar-refractivity contribution in [2.45, 2.75) is 76.7 Å². The Morgan fingerprint density at radius 3 is 2.70 bits per heavy atom. The zero-order valence-electron chi connectivity index (χ0n) is 14.3. The van der Waals surface area contributed by atoms with Crippen molar-refractivity contribution < 1.29 is 4.79 Å². The normalized spacial score (nSPS) is 26.0. The average Bonchev–Trinajstić information content (AvgIpc) is 3.15. The highest BCUT2D eigenvalue weighted by molar-refractivity contribution is 5.76. The Morgan fingerprint density at radius 1 is 1.17 bits per heavy atom. The minimum absolute atomic E-state index is 0.394. The summed E-state index contributed by atoms with van der Waals surface area (Å²) in [5.41, 5.74) is 1.26. The molecule has 1 aliphatic heterocycles. The molecule has 0 aromatic carbocycles. The SMILES string of the molecule is Cc1cnc(C2CC2)n1C1CCN(C(=O)CC2CCCCC2)C1. The van der Waals surface area contributed by atoms with E-state index >= 15 is 0 Å². The van der Waals surface area contributed by atoms with E-state index in [-0.39, 0.29) is 0 Å². The molecule has 4 rings (SSSR count). The lowest BCUT2D eigenvalue weighted by atomic mass is 9.87. The molecule has 1 amide bonds. The number of aryl methyl sites for hydroxylation is 1. The fraction of sp³-hybridized carbons (Fsp3) is 0.789. The number of aromatic nitrogens is 2. The van der Waals surface area contributed by atoms with Gasteiger partial charge in [-0.05, 0) is 44.9 Å². The first-order valence-corrected chi connectivity index (χ1v) is 9.54. The molecule has 1 unspecified atom stereocenters. The van der Waals surface area contributed by atoms with Gasteiger partial charge < -0.3 is 9.47 Å². The Labute approximate surface area is 139 Å². The van der Waals surface area contributed by atoms with Gasteiger partial charge >= 0.3 is 0 Å². The van der Waals surface area contributed by atoms with Gasteiger partial charge in [0, 0.05) is 37.3 Å². The van der Waals surface area contributed by atoms with Crippen LogP contribution in [0, 0.1) is 12.8 Å². The zero-order valence-corrected chi connectivity index (χ0v) is 14.3. The lowest BCUT2D eigenvalue weighted by molar-refractivity contribution is -0.131. The van der Waals surface area contributed by atoms with Gasteiger partial charge in [-0.25, -0.2) is 4.98 Å². The largest absolute Gasteiger partial charge is 0.341 e. The van der Waals surface area contributed by atoms with Gasteiger partial charge in [-0.3, -0.25) is 4.79 Å². The predicted octanol–water partition coefficient (Wildman–Crippen LogP) is 3.81. The highest BCUT2D eigenvalue weighted by Gasteiger charge is 2.34. The summed E-state index contributed by atoms with van der Waals surface area (Å²) in [5, 5.41) is 0. The van der Waals surface area contributed by atoms with Gasteiger partial charge in [-0.15, -0.1) is 0 Å². The number of carbonyl (C=O) groups excluding carboxylic acids is 1. The molecule has 1 atom stereocenters. The van der Waals surface area contributed by atoms with Crippen LogP contribution in [0.1, 0.15) is 81.3 Å². The number of carbonyl (C=O) groups is 1. The average molecular weight is 315 g/mol. The molecule has 2 aliphatic carbocycles. The van der Waals surface area contributed by atoms with Crippen molar-refractivity contribution in [3.05, 3.63) is 17.7 Å². The van der Waals surface area contributed by atoms with Gasteiger partial charge in [-0.1, -0.05) is 19.3 Å². The molecule has 0 N–H and O–H groups in total. The van der Waals surface area contributed by atoms with Crippen molar-refractivity contribution in [1.29, 1.82) is 0 Å². The van der Waals surface area contributed by atoms with E-state index in [1.807, 2.05) is 6.20 Å². The molecule has 3 aliphatic rings. The summed E-state index contributed by atoms with van der Waals surface area (Å²) in [7, 11) is 0. The third kappa shape index (κ3) is 3.17. The van der Waals surface area contributed by atoms with E-state index < -0.39 is 0 Å². The summed E-state index contributed by atoms with van der Waals surface area (Å²) in [6.45, 7) is 3.98. The molecule has 4 heteroatoms. The summed E-state index contributed by atoms with van der Waals surface area (Å²) in [6.07, 6.45) is 13.0. The molecule has 4 nitrogen and oxygen atoms in total. The van der Waals surface area contributed by atoms with Gasteiger partial charge in [0.05, 0.1) is 6.04 Å². The molecule has 2 saturated carbocycles. The molecule has 0 bridgehead atoms. The number of nitrogens with zero attached hydrogens (tertiary/aromatic N) is 3. The quantitative estimate of drug-likeness (QED) is 0.847. The van der Waals surface area contributed by atoms with Crippen LogP contribution in [0.15, 0.2) is 6.20 Å². The predicted molar refractivity (Wildman–Crippen MR) is 90.4 cm³/mol. The lowest BCUT2D eigenvalue weighted by Crippen LogP contribution is -2.31. The molecule has 126 valence electrons. The smallest absolute Gasteiger partial charge is 0.222 e. The minimum Gasteiger partial charge on any atom is -0.341 e. The molecule has 23 heavy (non-hydrogen) atoms. The van der Waals surface area contributed by atoms with E-state index in [2.05, 4.69) is 21.4 Å². The Bertz CT molecular complexity index is 569. The summed E-state index contributed by atoms with van der Waals surface area (Å²) in [6, 6.07) is 0.448. The van der Waals surface area contributed by atoms with Crippen LogP contribution in [0.5, 0.6) is 0 Å². The molecule has 1 saturated heterocycles. The van der Waals surface area contributed by atoms with Gasteiger partial charge in [0.15, 0.2) is 0 Å². The second-order valence-electron chi connectivity index (χ2n) is 7.89. The maximum atomic E-state index is 12.6. The first-order chi connectivity index (χ1) is 11.2. The lowest BCUT2D eigenvalue weighted by Gasteiger charge is -2.24. The number of rotatable bonds is 4. The van der Waals surface area contributed by atoms with Crippen molar-refractivity contribution >= 4 is 5.91 Å². The van der Waals surface area contributed by atoms with E-state index in [9.17, 15) is 4.79 Å². The van der Waals surface area contributed by atoms with Gasteiger partial charge in [0.1, 0.15) is 5.82 Å². The molecule has 2 heterocycles. The Hall–Kier alpha value is -1.32. The third-order valence-corrected chi connectivity index (χ3v) is 6.02. The van der Waals surface area contributed by atoms with E-state index in [1.165, 1.54) is 56.5 Å². The van der Waals surface area contributed by atoms with Crippen LogP contribution >= 0.6 is 0 Å². The van der Waals surface area contributed by atoms with E-state index in [1.54, 1.807) is 0 Å². The standard InChI is InChI=1S/C19H29N3O/c1-14-12-20-19(16-7-8-16)22(14)17-9-10-21(13-17)18(23)11-15-5-3-2-4-6-15/h12,15-17H,2-11,13H2,1H3. The Kier molecular flexibility index (Phi) is 4.16. The van der Waals surface area contributed by atoms with E-state index in [0.717, 1.165) is 25.9 Å². The Morgan fingerprint density at radius 2 is 1.96 bits per heavy atom. The second kappa shape index (κ2) is 6.29. The molecular weight excluding hydrogens is 286 g/mol. The first-order valence-electron chi connectivity index (χ1n) is 9.54. The highest BCUT2D eigenvalue weighted by atomic mass is 16.2. The number of hydrogen-bond acceptors (Lipinski definition) is 2. The van der Waals surface area contributed by atoms with Crippen molar-refractivity contribution in [2.75, 3.05) is 13.1 Å². The Balaban J connectivity index is 1.39. The number of hydrogen-bond donors (Lipinski definition) is 0. The molecule has 1 aromatic heterocycles. The topological polar surface area (TPSA) is 38.1 Å². The monoisotopic (exact) mass is 315 g/mol. The van der Waals surface area contributed by atoms with Gasteiger partial charge in [0.25, 0.3) is 0 Å². The fourth-order valence-electron chi connectivity index (χ4n) is 4.53. The second-order valence-corrected chi connectivity index (χ2v) is 7.89. The van der Waals surface area contributed by atoms with Crippen LogP contribution in [-0.2, 0) is 4.79 Å². The number of likely N-dealkylation sites (tertiary alicyclic amines) is 1. The number of imidazole rings is 1. The van der Waals surface area contributed by atoms with Crippen molar-refractivity contribution in [1.82, 2.24) is 14.5 Å². The molecule has 1 aromatic rings. The maximum absolute atomic E-state index is 12.6. The fourth-order valence-corrected chi connectivity index (χ4v) is 4.53. The van der Waals surface area contributed by atoms with Crippen LogP contribution in [0.3, 0.4) is 0 Å². The molecule has 0 radical (unpaired) electrons. The summed E-state index contributed by atoms with van der Waals surface area (Å²) in [4.78, 5) is 19.4. The van der Waals surface area contributed by atoms with Crippen molar-refractivity contribution in [2.24, 2.45) is 5.92 Å². The molecular formula is C19H29N3O. The van der Waals surface area contributed by atoms with Crippen LogP contribution < -0.4 is 0 Å². The van der Waals surface area contributed by atoms with E-state index in [0.29, 0.717) is 23.8 Å². The highest BCUT2D eigenvalue weighted by Crippen LogP contribution is 2.41. The first kappa shape index (κ1) is 15.2. The minimum atomic E-state index is 0.394. The van der Waals surface area contributed by atoms with Crippen LogP contribution in [0.2, 0.25) is 0 Å².